The molecule has 0 saturated carbocycles. The van der Waals surface area contributed by atoms with Crippen LogP contribution in [-0.4, -0.2) is 28.9 Å². The number of aryl methyl sites for hydroxylation is 1. The molecule has 0 aromatic heterocycles. The molecule has 0 bridgehead atoms. The molecule has 3 N–H and O–H groups in total. The lowest BCUT2D eigenvalue weighted by Gasteiger charge is -2.15. The topological polar surface area (TPSA) is 95.5 Å². The van der Waals surface area contributed by atoms with Crippen molar-refractivity contribution in [1.29, 1.82) is 0 Å². The van der Waals surface area contributed by atoms with Gasteiger partial charge in [0.25, 0.3) is 0 Å². The van der Waals surface area contributed by atoms with Gasteiger partial charge in [0.2, 0.25) is 11.8 Å². The predicted octanol–water partition coefficient (Wildman–Crippen LogP) is 0.913. The Balaban J connectivity index is 2.73. The van der Waals surface area contributed by atoms with Crippen LogP contribution in [0.25, 0.3) is 0 Å². The minimum atomic E-state index is -1.15. The van der Waals surface area contributed by atoms with Crippen molar-refractivity contribution in [2.45, 2.75) is 26.3 Å². The number of nitrogens with one attached hydrogen (secondary N) is 2. The molecule has 1 aromatic rings. The van der Waals surface area contributed by atoms with Gasteiger partial charge in [0, 0.05) is 12.6 Å². The lowest BCUT2D eigenvalue weighted by Crippen LogP contribution is -2.44. The zero-order valence-corrected chi connectivity index (χ0v) is 10.8. The van der Waals surface area contributed by atoms with E-state index in [1.807, 2.05) is 19.1 Å². The van der Waals surface area contributed by atoms with Gasteiger partial charge in [0.15, 0.2) is 0 Å². The van der Waals surface area contributed by atoms with E-state index in [2.05, 4.69) is 10.6 Å². The lowest BCUT2D eigenvalue weighted by atomic mass is 10.1. The molecular formula is C13H16N2O4. The summed E-state index contributed by atoms with van der Waals surface area (Å²) in [6.45, 7) is 3.14. The Kier molecular flexibility index (Phi) is 5.05. The van der Waals surface area contributed by atoms with Crippen LogP contribution in [0, 0.1) is 6.92 Å². The minimum Gasteiger partial charge on any atom is -0.481 e. The molecule has 6 nitrogen and oxygen atoms in total. The Labute approximate surface area is 110 Å². The first-order valence-electron chi connectivity index (χ1n) is 5.75. The van der Waals surface area contributed by atoms with Crippen molar-refractivity contribution < 1.29 is 19.5 Å². The highest BCUT2D eigenvalue weighted by atomic mass is 16.4. The third kappa shape index (κ3) is 5.20. The van der Waals surface area contributed by atoms with Crippen LogP contribution >= 0.6 is 0 Å². The summed E-state index contributed by atoms with van der Waals surface area (Å²) in [5, 5.41) is 13.6. The molecule has 0 unspecified atom stereocenters. The van der Waals surface area contributed by atoms with Crippen LogP contribution in [0.5, 0.6) is 0 Å². The molecule has 1 rings (SSSR count). The molecule has 1 atom stereocenters. The molecule has 2 amide bonds. The maximum Gasteiger partial charge on any atom is 0.305 e. The van der Waals surface area contributed by atoms with Gasteiger partial charge in [0.1, 0.15) is 6.04 Å². The molecule has 0 heterocycles. The van der Waals surface area contributed by atoms with Gasteiger partial charge < -0.3 is 15.7 Å². The second-order valence-corrected chi connectivity index (χ2v) is 4.21. The lowest BCUT2D eigenvalue weighted by molar-refractivity contribution is -0.139. The summed E-state index contributed by atoms with van der Waals surface area (Å²) in [7, 11) is 0. The fourth-order valence-electron chi connectivity index (χ4n) is 1.50. The number of aliphatic carboxylic acids is 1. The average Bonchev–Trinajstić information content (AvgIpc) is 2.30. The quantitative estimate of drug-likeness (QED) is 0.736. The summed E-state index contributed by atoms with van der Waals surface area (Å²) < 4.78 is 0. The molecular weight excluding hydrogens is 248 g/mol. The number of hydrogen-bond donors (Lipinski definition) is 3. The number of rotatable bonds is 5. The maximum atomic E-state index is 11.9. The van der Waals surface area contributed by atoms with E-state index < -0.39 is 30.2 Å². The van der Waals surface area contributed by atoms with E-state index in [1.54, 1.807) is 12.1 Å². The van der Waals surface area contributed by atoms with E-state index in [0.29, 0.717) is 5.69 Å². The number of benzene rings is 1. The van der Waals surface area contributed by atoms with E-state index in [0.717, 1.165) is 5.56 Å². The van der Waals surface area contributed by atoms with Crippen molar-refractivity contribution in [3.8, 4) is 0 Å². The van der Waals surface area contributed by atoms with E-state index in [4.69, 9.17) is 5.11 Å². The van der Waals surface area contributed by atoms with Crippen LogP contribution in [-0.2, 0) is 14.4 Å². The first-order valence-corrected chi connectivity index (χ1v) is 5.75. The molecule has 6 heteroatoms. The van der Waals surface area contributed by atoms with E-state index in [-0.39, 0.29) is 0 Å². The van der Waals surface area contributed by atoms with Crippen molar-refractivity contribution in [3.05, 3.63) is 29.8 Å². The standard InChI is InChI=1S/C13H16N2O4/c1-8-3-5-10(6-4-8)15-13(19)11(7-12(17)18)14-9(2)16/h3-6,11H,7H2,1-2H3,(H,14,16)(H,15,19)(H,17,18)/t11-/m0/s1. The highest BCUT2D eigenvalue weighted by molar-refractivity contribution is 5.98. The summed E-state index contributed by atoms with van der Waals surface area (Å²) in [6.07, 6.45) is -0.461. The highest BCUT2D eigenvalue weighted by Gasteiger charge is 2.22. The van der Waals surface area contributed by atoms with Gasteiger partial charge >= 0.3 is 5.97 Å². The summed E-state index contributed by atoms with van der Waals surface area (Å²) in [4.78, 5) is 33.5. The summed E-state index contributed by atoms with van der Waals surface area (Å²) in [5.74, 6) is -2.16. The Bertz CT molecular complexity index is 466. The van der Waals surface area contributed by atoms with Crippen LogP contribution in [0.2, 0.25) is 0 Å². The number of amides is 2. The van der Waals surface area contributed by atoms with Crippen LogP contribution in [0.3, 0.4) is 0 Å². The monoisotopic (exact) mass is 264 g/mol. The smallest absolute Gasteiger partial charge is 0.305 e. The van der Waals surface area contributed by atoms with Gasteiger partial charge in [-0.15, -0.1) is 0 Å². The highest BCUT2D eigenvalue weighted by Crippen LogP contribution is 2.09. The van der Waals surface area contributed by atoms with Crippen molar-refractivity contribution >= 4 is 23.5 Å². The van der Waals surface area contributed by atoms with Gasteiger partial charge in [-0.1, -0.05) is 17.7 Å². The fraction of sp³-hybridized carbons (Fsp3) is 0.308. The van der Waals surface area contributed by atoms with E-state index >= 15 is 0 Å². The SMILES string of the molecule is CC(=O)N[C@@H](CC(=O)O)C(=O)Nc1ccc(C)cc1. The fourth-order valence-corrected chi connectivity index (χ4v) is 1.50. The molecule has 0 aliphatic rings. The van der Waals surface area contributed by atoms with Crippen molar-refractivity contribution in [2.75, 3.05) is 5.32 Å². The number of anilines is 1. The first-order chi connectivity index (χ1) is 8.88. The van der Waals surface area contributed by atoms with Gasteiger partial charge in [-0.25, -0.2) is 0 Å². The zero-order valence-electron chi connectivity index (χ0n) is 10.8. The number of carboxylic acid groups (broad SMARTS) is 1. The normalized spacial score (nSPS) is 11.5. The summed E-state index contributed by atoms with van der Waals surface area (Å²) in [5.41, 5.74) is 1.60. The molecule has 0 radical (unpaired) electrons. The largest absolute Gasteiger partial charge is 0.481 e. The Morgan fingerprint density at radius 2 is 1.79 bits per heavy atom. The molecule has 19 heavy (non-hydrogen) atoms. The second kappa shape index (κ2) is 6.53. The van der Waals surface area contributed by atoms with Crippen molar-refractivity contribution in [3.63, 3.8) is 0 Å². The number of carbonyl (C=O) groups excluding carboxylic acids is 2. The maximum absolute atomic E-state index is 11.9. The third-order valence-corrected chi connectivity index (χ3v) is 2.39. The van der Waals surface area contributed by atoms with Gasteiger partial charge in [-0.05, 0) is 19.1 Å². The Morgan fingerprint density at radius 1 is 1.21 bits per heavy atom. The van der Waals surface area contributed by atoms with Crippen LogP contribution < -0.4 is 10.6 Å². The molecule has 102 valence electrons. The molecule has 1 aromatic carbocycles. The van der Waals surface area contributed by atoms with Gasteiger partial charge in [0.05, 0.1) is 6.42 Å². The summed E-state index contributed by atoms with van der Waals surface area (Å²) in [6, 6.07) is 5.97. The van der Waals surface area contributed by atoms with Crippen LogP contribution in [0.15, 0.2) is 24.3 Å². The Morgan fingerprint density at radius 3 is 2.26 bits per heavy atom. The van der Waals surface area contributed by atoms with Crippen LogP contribution in [0.4, 0.5) is 5.69 Å². The third-order valence-electron chi connectivity index (χ3n) is 2.39. The van der Waals surface area contributed by atoms with Crippen LogP contribution in [0.1, 0.15) is 18.9 Å². The zero-order chi connectivity index (χ0) is 14.4. The minimum absolute atomic E-state index is 0.453. The molecule has 0 fully saturated rings. The predicted molar refractivity (Wildman–Crippen MR) is 69.7 cm³/mol. The molecule has 0 aliphatic heterocycles. The first kappa shape index (κ1) is 14.7. The number of hydrogen-bond acceptors (Lipinski definition) is 3. The molecule has 0 aliphatic carbocycles. The molecule has 0 saturated heterocycles. The van der Waals surface area contributed by atoms with E-state index in [9.17, 15) is 14.4 Å². The number of carboxylic acids is 1. The van der Waals surface area contributed by atoms with Gasteiger partial charge in [-0.3, -0.25) is 14.4 Å². The Hall–Kier alpha value is -2.37. The summed E-state index contributed by atoms with van der Waals surface area (Å²) >= 11 is 0. The van der Waals surface area contributed by atoms with Gasteiger partial charge in [-0.2, -0.15) is 0 Å². The van der Waals surface area contributed by atoms with Crippen molar-refractivity contribution in [2.24, 2.45) is 0 Å². The number of carbonyl (C=O) groups is 3. The van der Waals surface area contributed by atoms with Crippen molar-refractivity contribution in [1.82, 2.24) is 5.32 Å². The molecule has 0 spiro atoms. The second-order valence-electron chi connectivity index (χ2n) is 4.21. The van der Waals surface area contributed by atoms with E-state index in [1.165, 1.54) is 6.92 Å². The average molecular weight is 264 g/mol.